The van der Waals surface area contributed by atoms with Crippen molar-refractivity contribution in [2.24, 2.45) is 23.5 Å². The molecular formula is C20H39NO2. The molecule has 0 spiro atoms. The number of rotatable bonds is 14. The van der Waals surface area contributed by atoms with Gasteiger partial charge in [0.1, 0.15) is 0 Å². The lowest BCUT2D eigenvalue weighted by Gasteiger charge is -2.23. The van der Waals surface area contributed by atoms with Gasteiger partial charge in [0, 0.05) is 0 Å². The van der Waals surface area contributed by atoms with E-state index in [4.69, 9.17) is 5.73 Å². The van der Waals surface area contributed by atoms with Crippen LogP contribution in [0, 0.1) is 17.8 Å². The van der Waals surface area contributed by atoms with Gasteiger partial charge in [-0.15, -0.1) is 0 Å². The van der Waals surface area contributed by atoms with E-state index in [0.29, 0.717) is 11.8 Å². The minimum atomic E-state index is -0.553. The molecule has 0 bridgehead atoms. The standard InChI is InChI=1S/C20H39NO2/c1-2-3-4-5-6-9-12-17-14-15-19(20(22)23)18(17)13-10-7-8-11-16-21/h17-19H,2-16,21H2,1H3,(H,22,23)/t17-,18+,19?/m0/s1. The molecular weight excluding hydrogens is 286 g/mol. The van der Waals surface area contributed by atoms with Crippen LogP contribution in [0.15, 0.2) is 0 Å². The van der Waals surface area contributed by atoms with Crippen molar-refractivity contribution in [3.05, 3.63) is 0 Å². The number of nitrogens with two attached hydrogens (primary N) is 1. The van der Waals surface area contributed by atoms with Crippen molar-refractivity contribution in [2.75, 3.05) is 6.54 Å². The van der Waals surface area contributed by atoms with E-state index >= 15 is 0 Å². The highest BCUT2D eigenvalue weighted by Gasteiger charge is 2.39. The smallest absolute Gasteiger partial charge is 0.306 e. The van der Waals surface area contributed by atoms with Crippen LogP contribution in [0.1, 0.15) is 96.8 Å². The molecule has 0 aromatic carbocycles. The van der Waals surface area contributed by atoms with Crippen LogP contribution < -0.4 is 5.73 Å². The Kier molecular flexibility index (Phi) is 11.4. The highest BCUT2D eigenvalue weighted by molar-refractivity contribution is 5.70. The summed E-state index contributed by atoms with van der Waals surface area (Å²) in [6.07, 6.45) is 17.1. The van der Waals surface area contributed by atoms with Crippen molar-refractivity contribution >= 4 is 5.97 Å². The topological polar surface area (TPSA) is 63.3 Å². The molecule has 136 valence electrons. The number of carboxylic acid groups (broad SMARTS) is 1. The monoisotopic (exact) mass is 325 g/mol. The first-order valence-electron chi connectivity index (χ1n) is 10.1. The third-order valence-electron chi connectivity index (χ3n) is 5.71. The zero-order valence-corrected chi connectivity index (χ0v) is 15.3. The first-order valence-corrected chi connectivity index (χ1v) is 10.1. The quantitative estimate of drug-likeness (QED) is 0.422. The molecule has 1 fully saturated rings. The molecule has 3 atom stereocenters. The Morgan fingerprint density at radius 2 is 1.52 bits per heavy atom. The van der Waals surface area contributed by atoms with Crippen molar-refractivity contribution in [3.63, 3.8) is 0 Å². The summed E-state index contributed by atoms with van der Waals surface area (Å²) >= 11 is 0. The summed E-state index contributed by atoms with van der Waals surface area (Å²) in [6, 6.07) is 0. The van der Waals surface area contributed by atoms with E-state index in [9.17, 15) is 9.90 Å². The molecule has 3 heteroatoms. The van der Waals surface area contributed by atoms with Gasteiger partial charge in [0.2, 0.25) is 0 Å². The summed E-state index contributed by atoms with van der Waals surface area (Å²) < 4.78 is 0. The number of carbonyl (C=O) groups is 1. The van der Waals surface area contributed by atoms with Crippen LogP contribution >= 0.6 is 0 Å². The Morgan fingerprint density at radius 1 is 0.913 bits per heavy atom. The van der Waals surface area contributed by atoms with Crippen molar-refractivity contribution < 1.29 is 9.90 Å². The Balaban J connectivity index is 2.29. The van der Waals surface area contributed by atoms with E-state index in [0.717, 1.165) is 32.2 Å². The third-order valence-corrected chi connectivity index (χ3v) is 5.71. The van der Waals surface area contributed by atoms with Crippen LogP contribution in [0.25, 0.3) is 0 Å². The predicted octanol–water partition coefficient (Wildman–Crippen LogP) is 5.37. The molecule has 1 unspecified atom stereocenters. The molecule has 1 aliphatic carbocycles. The Bertz CT molecular complexity index is 306. The Hall–Kier alpha value is -0.570. The number of hydrogen-bond donors (Lipinski definition) is 2. The summed E-state index contributed by atoms with van der Waals surface area (Å²) in [7, 11) is 0. The SMILES string of the molecule is CCCCCCCC[C@H]1CCC(C(=O)O)[C@@H]1CCCCCCN. The molecule has 0 aromatic heterocycles. The number of carboxylic acids is 1. The highest BCUT2D eigenvalue weighted by Crippen LogP contribution is 2.43. The molecule has 0 radical (unpaired) electrons. The average molecular weight is 326 g/mol. The lowest BCUT2D eigenvalue weighted by molar-refractivity contribution is -0.143. The summed E-state index contributed by atoms with van der Waals surface area (Å²) in [4.78, 5) is 11.5. The van der Waals surface area contributed by atoms with Crippen LogP contribution in [0.2, 0.25) is 0 Å². The Labute approximate surface area is 143 Å². The zero-order valence-electron chi connectivity index (χ0n) is 15.3. The summed E-state index contributed by atoms with van der Waals surface area (Å²) in [6.45, 7) is 3.03. The summed E-state index contributed by atoms with van der Waals surface area (Å²) in [5.74, 6) is 0.467. The van der Waals surface area contributed by atoms with Gasteiger partial charge in [-0.05, 0) is 44.1 Å². The van der Waals surface area contributed by atoms with Gasteiger partial charge in [0.25, 0.3) is 0 Å². The van der Waals surface area contributed by atoms with E-state index in [2.05, 4.69) is 6.92 Å². The molecule has 0 amide bonds. The largest absolute Gasteiger partial charge is 0.481 e. The van der Waals surface area contributed by atoms with Gasteiger partial charge in [0.15, 0.2) is 0 Å². The van der Waals surface area contributed by atoms with Crippen molar-refractivity contribution in [1.82, 2.24) is 0 Å². The molecule has 1 rings (SSSR count). The van der Waals surface area contributed by atoms with Crippen LogP contribution in [0.4, 0.5) is 0 Å². The van der Waals surface area contributed by atoms with E-state index in [-0.39, 0.29) is 5.92 Å². The summed E-state index contributed by atoms with van der Waals surface area (Å²) in [5, 5.41) is 9.49. The maximum absolute atomic E-state index is 11.5. The van der Waals surface area contributed by atoms with Crippen LogP contribution in [-0.2, 0) is 4.79 Å². The van der Waals surface area contributed by atoms with Gasteiger partial charge in [0.05, 0.1) is 5.92 Å². The molecule has 3 N–H and O–H groups in total. The fourth-order valence-electron chi connectivity index (χ4n) is 4.32. The van der Waals surface area contributed by atoms with Crippen molar-refractivity contribution in [2.45, 2.75) is 96.8 Å². The van der Waals surface area contributed by atoms with E-state index in [1.165, 1.54) is 64.2 Å². The lowest BCUT2D eigenvalue weighted by atomic mass is 9.82. The van der Waals surface area contributed by atoms with Gasteiger partial charge < -0.3 is 10.8 Å². The second-order valence-electron chi connectivity index (χ2n) is 7.49. The molecule has 0 saturated heterocycles. The molecule has 0 aromatic rings. The van der Waals surface area contributed by atoms with E-state index in [1.807, 2.05) is 0 Å². The molecule has 1 aliphatic rings. The van der Waals surface area contributed by atoms with Gasteiger partial charge in [-0.2, -0.15) is 0 Å². The second-order valence-corrected chi connectivity index (χ2v) is 7.49. The first kappa shape index (κ1) is 20.5. The highest BCUT2D eigenvalue weighted by atomic mass is 16.4. The van der Waals surface area contributed by atoms with Crippen LogP contribution in [0.3, 0.4) is 0 Å². The maximum Gasteiger partial charge on any atom is 0.306 e. The fourth-order valence-corrected chi connectivity index (χ4v) is 4.32. The minimum Gasteiger partial charge on any atom is -0.481 e. The Morgan fingerprint density at radius 3 is 2.17 bits per heavy atom. The number of hydrogen-bond acceptors (Lipinski definition) is 2. The normalized spacial score (nSPS) is 24.2. The molecule has 1 saturated carbocycles. The average Bonchev–Trinajstić information content (AvgIpc) is 2.94. The van der Waals surface area contributed by atoms with Gasteiger partial charge in [-0.3, -0.25) is 4.79 Å². The maximum atomic E-state index is 11.5. The minimum absolute atomic E-state index is 0.0744. The first-order chi connectivity index (χ1) is 11.2. The van der Waals surface area contributed by atoms with Gasteiger partial charge in [-0.1, -0.05) is 71.1 Å². The van der Waals surface area contributed by atoms with E-state index in [1.54, 1.807) is 0 Å². The molecule has 0 heterocycles. The second kappa shape index (κ2) is 12.8. The van der Waals surface area contributed by atoms with Crippen LogP contribution in [0.5, 0.6) is 0 Å². The zero-order chi connectivity index (χ0) is 16.9. The lowest BCUT2D eigenvalue weighted by Crippen LogP contribution is -2.22. The van der Waals surface area contributed by atoms with Gasteiger partial charge in [-0.25, -0.2) is 0 Å². The molecule has 0 aliphatic heterocycles. The van der Waals surface area contributed by atoms with E-state index < -0.39 is 5.97 Å². The summed E-state index contributed by atoms with van der Waals surface area (Å²) in [5.41, 5.74) is 5.54. The number of aliphatic carboxylic acids is 1. The predicted molar refractivity (Wildman–Crippen MR) is 97.5 cm³/mol. The number of unbranched alkanes of at least 4 members (excludes halogenated alkanes) is 8. The van der Waals surface area contributed by atoms with Gasteiger partial charge >= 0.3 is 5.97 Å². The van der Waals surface area contributed by atoms with Crippen molar-refractivity contribution in [1.29, 1.82) is 0 Å². The van der Waals surface area contributed by atoms with Crippen molar-refractivity contribution in [3.8, 4) is 0 Å². The molecule has 3 nitrogen and oxygen atoms in total. The molecule has 23 heavy (non-hydrogen) atoms. The fraction of sp³-hybridized carbons (Fsp3) is 0.950. The van der Waals surface area contributed by atoms with Crippen LogP contribution in [-0.4, -0.2) is 17.6 Å². The third kappa shape index (κ3) is 8.19.